The minimum atomic E-state index is 0.0899. The van der Waals surface area contributed by atoms with Crippen LogP contribution in [0.4, 0.5) is 0 Å². The molecule has 0 unspecified atom stereocenters. The summed E-state index contributed by atoms with van der Waals surface area (Å²) in [6.45, 7) is 9.63. The Hall–Kier alpha value is -1.24. The average molecular weight is 294 g/mol. The zero-order chi connectivity index (χ0) is 14.6. The van der Waals surface area contributed by atoms with Crippen molar-refractivity contribution in [3.8, 4) is 10.7 Å². The van der Waals surface area contributed by atoms with Gasteiger partial charge in [-0.1, -0.05) is 32.0 Å². The van der Waals surface area contributed by atoms with E-state index in [-0.39, 0.29) is 5.41 Å². The first-order valence-corrected chi connectivity index (χ1v) is 7.71. The second-order valence-corrected chi connectivity index (χ2v) is 6.61. The van der Waals surface area contributed by atoms with E-state index in [9.17, 15) is 0 Å². The quantitative estimate of drug-likeness (QED) is 0.850. The van der Waals surface area contributed by atoms with Gasteiger partial charge >= 0.3 is 0 Å². The van der Waals surface area contributed by atoms with E-state index in [1.807, 2.05) is 17.5 Å². The molecule has 2 aromatic rings. The van der Waals surface area contributed by atoms with Crippen LogP contribution in [0, 0.1) is 5.41 Å². The zero-order valence-corrected chi connectivity index (χ0v) is 13.1. The van der Waals surface area contributed by atoms with Gasteiger partial charge in [-0.3, -0.25) is 4.90 Å². The Morgan fingerprint density at radius 3 is 2.85 bits per heavy atom. The maximum atomic E-state index is 5.79. The second-order valence-electron chi connectivity index (χ2n) is 5.66. The lowest BCUT2D eigenvalue weighted by molar-refractivity contribution is 0.165. The SMILES string of the molecule is CCN(Cc1nc(-c2cccs2)no1)CC(C)(C)CN. The lowest BCUT2D eigenvalue weighted by Gasteiger charge is -2.29. The van der Waals surface area contributed by atoms with E-state index in [4.69, 9.17) is 10.3 Å². The smallest absolute Gasteiger partial charge is 0.241 e. The molecule has 0 aliphatic carbocycles. The molecule has 0 spiro atoms. The molecule has 0 aliphatic heterocycles. The zero-order valence-electron chi connectivity index (χ0n) is 12.3. The van der Waals surface area contributed by atoms with E-state index >= 15 is 0 Å². The van der Waals surface area contributed by atoms with Gasteiger partial charge in [0.05, 0.1) is 11.4 Å². The van der Waals surface area contributed by atoms with Crippen LogP contribution in [0.2, 0.25) is 0 Å². The van der Waals surface area contributed by atoms with E-state index in [0.29, 0.717) is 24.8 Å². The number of hydrogen-bond donors (Lipinski definition) is 1. The fourth-order valence-electron chi connectivity index (χ4n) is 1.97. The van der Waals surface area contributed by atoms with Crippen LogP contribution in [0.15, 0.2) is 22.0 Å². The van der Waals surface area contributed by atoms with Crippen LogP contribution in [-0.4, -0.2) is 34.7 Å². The van der Waals surface area contributed by atoms with Crippen LogP contribution >= 0.6 is 11.3 Å². The first kappa shape index (κ1) is 15.2. The summed E-state index contributed by atoms with van der Waals surface area (Å²) in [6.07, 6.45) is 0. The lowest BCUT2D eigenvalue weighted by Crippen LogP contribution is -2.38. The third kappa shape index (κ3) is 3.88. The standard InChI is InChI=1S/C14H22N4OS/c1-4-18(10-14(2,3)9-15)8-12-16-13(17-19-12)11-6-5-7-20-11/h5-7H,4,8-10,15H2,1-3H3. The first-order chi connectivity index (χ1) is 9.54. The van der Waals surface area contributed by atoms with Gasteiger partial charge in [0.2, 0.25) is 11.7 Å². The molecule has 2 aromatic heterocycles. The molecule has 0 aliphatic rings. The van der Waals surface area contributed by atoms with Crippen LogP contribution in [0.5, 0.6) is 0 Å². The molecule has 2 heterocycles. The number of thiophene rings is 1. The molecule has 0 bridgehead atoms. The molecule has 5 nitrogen and oxygen atoms in total. The average Bonchev–Trinajstić information content (AvgIpc) is 3.08. The molecule has 20 heavy (non-hydrogen) atoms. The highest BCUT2D eigenvalue weighted by molar-refractivity contribution is 7.13. The first-order valence-electron chi connectivity index (χ1n) is 6.83. The molecule has 0 radical (unpaired) electrons. The van der Waals surface area contributed by atoms with Crippen molar-refractivity contribution in [2.24, 2.45) is 11.1 Å². The predicted octanol–water partition coefficient (Wildman–Crippen LogP) is 2.60. The predicted molar refractivity (Wildman–Crippen MR) is 81.4 cm³/mol. The van der Waals surface area contributed by atoms with E-state index < -0.39 is 0 Å². The van der Waals surface area contributed by atoms with Gasteiger partial charge in [0.1, 0.15) is 0 Å². The fourth-order valence-corrected chi connectivity index (χ4v) is 2.61. The Labute approximate surface area is 123 Å². The maximum Gasteiger partial charge on any atom is 0.241 e. The number of nitrogens with zero attached hydrogens (tertiary/aromatic N) is 3. The molecule has 2 N–H and O–H groups in total. The molecule has 0 fully saturated rings. The van der Waals surface area contributed by atoms with Gasteiger partial charge in [-0.15, -0.1) is 11.3 Å². The highest BCUT2D eigenvalue weighted by Crippen LogP contribution is 2.22. The highest BCUT2D eigenvalue weighted by atomic mass is 32.1. The summed E-state index contributed by atoms with van der Waals surface area (Å²) < 4.78 is 5.34. The highest BCUT2D eigenvalue weighted by Gasteiger charge is 2.21. The van der Waals surface area contributed by atoms with E-state index in [0.717, 1.165) is 18.0 Å². The Balaban J connectivity index is 2.01. The summed E-state index contributed by atoms with van der Waals surface area (Å²) >= 11 is 1.61. The van der Waals surface area contributed by atoms with Crippen LogP contribution in [0.1, 0.15) is 26.7 Å². The Kier molecular flexibility index (Phi) is 4.91. The molecule has 2 rings (SSSR count). The van der Waals surface area contributed by atoms with Crippen LogP contribution in [-0.2, 0) is 6.54 Å². The largest absolute Gasteiger partial charge is 0.338 e. The summed E-state index contributed by atoms with van der Waals surface area (Å²) in [5.74, 6) is 1.33. The summed E-state index contributed by atoms with van der Waals surface area (Å²) in [7, 11) is 0. The summed E-state index contributed by atoms with van der Waals surface area (Å²) in [5.41, 5.74) is 5.88. The van der Waals surface area contributed by atoms with Gasteiger partial charge in [-0.05, 0) is 30.0 Å². The second kappa shape index (κ2) is 6.47. The normalized spacial score (nSPS) is 12.2. The maximum absolute atomic E-state index is 5.79. The van der Waals surface area contributed by atoms with Gasteiger partial charge in [-0.2, -0.15) is 4.98 Å². The van der Waals surface area contributed by atoms with Gasteiger partial charge < -0.3 is 10.3 Å². The Morgan fingerprint density at radius 2 is 2.25 bits per heavy atom. The minimum absolute atomic E-state index is 0.0899. The molecule has 6 heteroatoms. The Bertz CT molecular complexity index is 521. The van der Waals surface area contributed by atoms with E-state index in [1.54, 1.807) is 11.3 Å². The number of hydrogen-bond acceptors (Lipinski definition) is 6. The van der Waals surface area contributed by atoms with Crippen molar-refractivity contribution in [1.29, 1.82) is 0 Å². The lowest BCUT2D eigenvalue weighted by atomic mass is 9.93. The number of aromatic nitrogens is 2. The Morgan fingerprint density at radius 1 is 1.45 bits per heavy atom. The molecule has 0 amide bonds. The van der Waals surface area contributed by atoms with E-state index in [1.165, 1.54) is 0 Å². The molecule has 0 saturated carbocycles. The van der Waals surface area contributed by atoms with Crippen molar-refractivity contribution < 1.29 is 4.52 Å². The van der Waals surface area contributed by atoms with Gasteiger partial charge in [0.25, 0.3) is 0 Å². The summed E-state index contributed by atoms with van der Waals surface area (Å²) in [6, 6.07) is 3.98. The molecule has 0 saturated heterocycles. The fraction of sp³-hybridized carbons (Fsp3) is 0.571. The van der Waals surface area contributed by atoms with E-state index in [2.05, 4.69) is 35.8 Å². The molecule has 110 valence electrons. The van der Waals surface area contributed by atoms with Crippen molar-refractivity contribution in [2.75, 3.05) is 19.6 Å². The van der Waals surface area contributed by atoms with Gasteiger partial charge in [0.15, 0.2) is 0 Å². The third-order valence-corrected chi connectivity index (χ3v) is 4.09. The monoisotopic (exact) mass is 294 g/mol. The summed E-state index contributed by atoms with van der Waals surface area (Å²) in [5, 5.41) is 6.04. The van der Waals surface area contributed by atoms with Crippen LogP contribution in [0.3, 0.4) is 0 Å². The van der Waals surface area contributed by atoms with Crippen molar-refractivity contribution in [2.45, 2.75) is 27.3 Å². The number of rotatable bonds is 7. The molecule has 0 aromatic carbocycles. The molecular formula is C14H22N4OS. The van der Waals surface area contributed by atoms with Crippen molar-refractivity contribution in [3.63, 3.8) is 0 Å². The van der Waals surface area contributed by atoms with Gasteiger partial charge in [0, 0.05) is 6.54 Å². The minimum Gasteiger partial charge on any atom is -0.338 e. The van der Waals surface area contributed by atoms with Crippen molar-refractivity contribution in [1.82, 2.24) is 15.0 Å². The van der Waals surface area contributed by atoms with Gasteiger partial charge in [-0.25, -0.2) is 0 Å². The van der Waals surface area contributed by atoms with Crippen LogP contribution < -0.4 is 5.73 Å². The third-order valence-electron chi connectivity index (χ3n) is 3.22. The van der Waals surface area contributed by atoms with Crippen molar-refractivity contribution in [3.05, 3.63) is 23.4 Å². The number of nitrogens with two attached hydrogens (primary N) is 1. The van der Waals surface area contributed by atoms with Crippen LogP contribution in [0.25, 0.3) is 10.7 Å². The molecular weight excluding hydrogens is 272 g/mol. The molecule has 0 atom stereocenters. The topological polar surface area (TPSA) is 68.2 Å². The summed E-state index contributed by atoms with van der Waals surface area (Å²) in [4.78, 5) is 7.77. The van der Waals surface area contributed by atoms with Crippen molar-refractivity contribution >= 4 is 11.3 Å².